The van der Waals surface area contributed by atoms with E-state index in [9.17, 15) is 9.18 Å². The maximum atomic E-state index is 13.7. The number of nitrogens with one attached hydrogen (secondary N) is 1. The number of amides is 1. The summed E-state index contributed by atoms with van der Waals surface area (Å²) < 4.78 is 24.9. The SMILES string of the molecule is C[C@H](NC(=O)c1ccccc1F)c1ccc2c(c1)OCCCO2. The Bertz CT molecular complexity index is 717. The molecule has 1 atom stereocenters. The molecule has 1 heterocycles. The molecular formula is C18H18FNO3. The number of carbonyl (C=O) groups is 1. The molecule has 3 rings (SSSR count). The summed E-state index contributed by atoms with van der Waals surface area (Å²) in [6.45, 7) is 3.08. The zero-order valence-corrected chi connectivity index (χ0v) is 12.8. The van der Waals surface area contributed by atoms with Crippen molar-refractivity contribution < 1.29 is 18.7 Å². The maximum absolute atomic E-state index is 13.7. The predicted molar refractivity (Wildman–Crippen MR) is 84.3 cm³/mol. The van der Waals surface area contributed by atoms with E-state index in [1.807, 2.05) is 25.1 Å². The molecular weight excluding hydrogens is 297 g/mol. The van der Waals surface area contributed by atoms with Gasteiger partial charge in [0.15, 0.2) is 11.5 Å². The third-order valence-electron chi connectivity index (χ3n) is 3.74. The average molecular weight is 315 g/mol. The number of rotatable bonds is 3. The van der Waals surface area contributed by atoms with Crippen molar-refractivity contribution >= 4 is 5.91 Å². The van der Waals surface area contributed by atoms with Crippen LogP contribution in [0.2, 0.25) is 0 Å². The first kappa shape index (κ1) is 15.3. The van der Waals surface area contributed by atoms with E-state index in [1.165, 1.54) is 12.1 Å². The second-order valence-electron chi connectivity index (χ2n) is 5.43. The Hall–Kier alpha value is -2.56. The second-order valence-corrected chi connectivity index (χ2v) is 5.43. The minimum absolute atomic E-state index is 0.0358. The van der Waals surface area contributed by atoms with E-state index >= 15 is 0 Å². The summed E-state index contributed by atoms with van der Waals surface area (Å²) in [4.78, 5) is 12.2. The molecule has 120 valence electrons. The van der Waals surface area contributed by atoms with Gasteiger partial charge in [0.2, 0.25) is 0 Å². The fourth-order valence-electron chi connectivity index (χ4n) is 2.45. The van der Waals surface area contributed by atoms with Crippen LogP contribution in [0.15, 0.2) is 42.5 Å². The van der Waals surface area contributed by atoms with Crippen molar-refractivity contribution in [2.45, 2.75) is 19.4 Å². The van der Waals surface area contributed by atoms with Crippen molar-refractivity contribution in [1.82, 2.24) is 5.32 Å². The molecule has 23 heavy (non-hydrogen) atoms. The number of carbonyl (C=O) groups excluding carboxylic acids is 1. The largest absolute Gasteiger partial charge is 0.490 e. The molecule has 0 bridgehead atoms. The number of halogens is 1. The molecule has 0 saturated heterocycles. The van der Waals surface area contributed by atoms with Crippen LogP contribution >= 0.6 is 0 Å². The summed E-state index contributed by atoms with van der Waals surface area (Å²) in [6, 6.07) is 11.2. The van der Waals surface area contributed by atoms with E-state index in [-0.39, 0.29) is 11.6 Å². The first-order valence-corrected chi connectivity index (χ1v) is 7.60. The lowest BCUT2D eigenvalue weighted by Gasteiger charge is -2.16. The standard InChI is InChI=1S/C18H18FNO3/c1-12(20-18(21)14-5-2-3-6-15(14)19)13-7-8-16-17(11-13)23-10-4-9-22-16/h2-3,5-8,11-12H,4,9-10H2,1H3,(H,20,21)/t12-/m0/s1. The molecule has 1 aliphatic rings. The van der Waals surface area contributed by atoms with E-state index in [1.54, 1.807) is 12.1 Å². The van der Waals surface area contributed by atoms with Crippen molar-refractivity contribution in [3.05, 3.63) is 59.4 Å². The first-order chi connectivity index (χ1) is 11.1. The molecule has 5 heteroatoms. The predicted octanol–water partition coefficient (Wildman–Crippen LogP) is 3.48. The van der Waals surface area contributed by atoms with E-state index in [0.29, 0.717) is 24.7 Å². The fraction of sp³-hybridized carbons (Fsp3) is 0.278. The van der Waals surface area contributed by atoms with Gasteiger partial charge in [-0.05, 0) is 36.8 Å². The maximum Gasteiger partial charge on any atom is 0.254 e. The summed E-state index contributed by atoms with van der Waals surface area (Å²) >= 11 is 0. The van der Waals surface area contributed by atoms with Gasteiger partial charge in [-0.25, -0.2) is 4.39 Å². The lowest BCUT2D eigenvalue weighted by atomic mass is 10.1. The van der Waals surface area contributed by atoms with Gasteiger partial charge in [0, 0.05) is 6.42 Å². The molecule has 0 fully saturated rings. The van der Waals surface area contributed by atoms with Gasteiger partial charge in [-0.15, -0.1) is 0 Å². The van der Waals surface area contributed by atoms with E-state index in [0.717, 1.165) is 12.0 Å². The van der Waals surface area contributed by atoms with Crippen LogP contribution in [0.5, 0.6) is 11.5 Å². The molecule has 2 aromatic carbocycles. The van der Waals surface area contributed by atoms with E-state index < -0.39 is 11.7 Å². The van der Waals surface area contributed by atoms with Gasteiger partial charge >= 0.3 is 0 Å². The monoisotopic (exact) mass is 315 g/mol. The lowest BCUT2D eigenvalue weighted by molar-refractivity contribution is 0.0935. The highest BCUT2D eigenvalue weighted by molar-refractivity contribution is 5.94. The summed E-state index contributed by atoms with van der Waals surface area (Å²) in [6.07, 6.45) is 0.837. The van der Waals surface area contributed by atoms with Crippen LogP contribution in [0, 0.1) is 5.82 Å². The Labute approximate surface area is 134 Å². The Morgan fingerprint density at radius 2 is 1.87 bits per heavy atom. The van der Waals surface area contributed by atoms with Crippen LogP contribution in [0.4, 0.5) is 4.39 Å². The van der Waals surface area contributed by atoms with Crippen molar-refractivity contribution in [2.24, 2.45) is 0 Å². The van der Waals surface area contributed by atoms with Crippen LogP contribution in [-0.2, 0) is 0 Å². The van der Waals surface area contributed by atoms with Crippen LogP contribution in [0.25, 0.3) is 0 Å². The lowest BCUT2D eigenvalue weighted by Crippen LogP contribution is -2.27. The molecule has 0 unspecified atom stereocenters. The van der Waals surface area contributed by atoms with Crippen molar-refractivity contribution in [2.75, 3.05) is 13.2 Å². The molecule has 4 nitrogen and oxygen atoms in total. The summed E-state index contributed by atoms with van der Waals surface area (Å²) in [7, 11) is 0. The Balaban J connectivity index is 1.76. The smallest absolute Gasteiger partial charge is 0.254 e. The highest BCUT2D eigenvalue weighted by Crippen LogP contribution is 2.32. The normalized spacial score (nSPS) is 14.7. The molecule has 1 aliphatic heterocycles. The Morgan fingerprint density at radius 3 is 2.65 bits per heavy atom. The Morgan fingerprint density at radius 1 is 1.13 bits per heavy atom. The first-order valence-electron chi connectivity index (χ1n) is 7.60. The van der Waals surface area contributed by atoms with Gasteiger partial charge in [0.1, 0.15) is 5.82 Å². The van der Waals surface area contributed by atoms with Crippen LogP contribution < -0.4 is 14.8 Å². The summed E-state index contributed by atoms with van der Waals surface area (Å²) in [5.41, 5.74) is 0.910. The van der Waals surface area contributed by atoms with Gasteiger partial charge in [0.05, 0.1) is 24.8 Å². The van der Waals surface area contributed by atoms with Gasteiger partial charge in [-0.2, -0.15) is 0 Å². The minimum atomic E-state index is -0.532. The number of fused-ring (bicyclic) bond motifs is 1. The molecule has 0 aromatic heterocycles. The molecule has 0 radical (unpaired) electrons. The summed E-state index contributed by atoms with van der Waals surface area (Å²) in [5, 5.41) is 2.80. The van der Waals surface area contributed by atoms with Gasteiger partial charge in [-0.1, -0.05) is 18.2 Å². The minimum Gasteiger partial charge on any atom is -0.490 e. The molecule has 2 aromatic rings. The third kappa shape index (κ3) is 3.44. The molecule has 1 amide bonds. The van der Waals surface area contributed by atoms with E-state index in [2.05, 4.69) is 5.32 Å². The second kappa shape index (κ2) is 6.69. The quantitative estimate of drug-likeness (QED) is 0.943. The number of hydrogen-bond acceptors (Lipinski definition) is 3. The average Bonchev–Trinajstić information content (AvgIpc) is 2.79. The van der Waals surface area contributed by atoms with Crippen LogP contribution in [0.3, 0.4) is 0 Å². The zero-order chi connectivity index (χ0) is 16.2. The topological polar surface area (TPSA) is 47.6 Å². The molecule has 1 N–H and O–H groups in total. The fourth-order valence-corrected chi connectivity index (χ4v) is 2.45. The molecule has 0 aliphatic carbocycles. The van der Waals surface area contributed by atoms with Gasteiger partial charge < -0.3 is 14.8 Å². The van der Waals surface area contributed by atoms with Crippen molar-refractivity contribution in [3.8, 4) is 11.5 Å². The molecule has 0 spiro atoms. The van der Waals surface area contributed by atoms with Crippen molar-refractivity contribution in [3.63, 3.8) is 0 Å². The Kier molecular flexibility index (Phi) is 4.46. The highest BCUT2D eigenvalue weighted by Gasteiger charge is 2.17. The zero-order valence-electron chi connectivity index (χ0n) is 12.8. The van der Waals surface area contributed by atoms with Crippen molar-refractivity contribution in [1.29, 1.82) is 0 Å². The van der Waals surface area contributed by atoms with E-state index in [4.69, 9.17) is 9.47 Å². The molecule has 0 saturated carbocycles. The van der Waals surface area contributed by atoms with Crippen LogP contribution in [-0.4, -0.2) is 19.1 Å². The highest BCUT2D eigenvalue weighted by atomic mass is 19.1. The number of ether oxygens (including phenoxy) is 2. The third-order valence-corrected chi connectivity index (χ3v) is 3.74. The number of hydrogen-bond donors (Lipinski definition) is 1. The van der Waals surface area contributed by atoms with Gasteiger partial charge in [0.25, 0.3) is 5.91 Å². The van der Waals surface area contributed by atoms with Gasteiger partial charge in [-0.3, -0.25) is 4.79 Å². The van der Waals surface area contributed by atoms with Crippen LogP contribution in [0.1, 0.15) is 35.3 Å². The number of benzene rings is 2. The summed E-state index contributed by atoms with van der Waals surface area (Å²) in [5.74, 6) is 0.407.